The summed E-state index contributed by atoms with van der Waals surface area (Å²) in [7, 11) is 0. The van der Waals surface area contributed by atoms with Gasteiger partial charge < -0.3 is 14.8 Å². The molecule has 0 spiro atoms. The van der Waals surface area contributed by atoms with Crippen LogP contribution in [0, 0.1) is 19.3 Å². The number of urea groups is 1. The number of aliphatic hydroxyl groups is 1. The number of nitrogens with one attached hydrogen (secondary N) is 2. The first kappa shape index (κ1) is 15.5. The zero-order valence-corrected chi connectivity index (χ0v) is 12.0. The van der Waals surface area contributed by atoms with Gasteiger partial charge in [0.2, 0.25) is 0 Å². The zero-order chi connectivity index (χ0) is 14.5. The van der Waals surface area contributed by atoms with Gasteiger partial charge in [-0.1, -0.05) is 13.8 Å². The van der Waals surface area contributed by atoms with Crippen molar-refractivity contribution in [2.24, 2.45) is 5.41 Å². The van der Waals surface area contributed by atoms with E-state index in [1.165, 1.54) is 0 Å². The molecule has 0 fully saturated rings. The number of aromatic nitrogens is 1. The normalized spacial score (nSPS) is 11.4. The molecule has 1 rings (SSSR count). The fourth-order valence-corrected chi connectivity index (χ4v) is 1.52. The summed E-state index contributed by atoms with van der Waals surface area (Å²) in [4.78, 5) is 15.6. The summed E-state index contributed by atoms with van der Waals surface area (Å²) in [5.41, 5.74) is 0.662. The lowest BCUT2D eigenvalue weighted by atomic mass is 9.89. The number of anilines is 1. The van der Waals surface area contributed by atoms with Crippen molar-refractivity contribution >= 4 is 12.0 Å². The molecule has 2 amide bonds. The molecular formula is C13H23N3O3. The molecule has 0 radical (unpaired) electrons. The Morgan fingerprint density at radius 2 is 2.11 bits per heavy atom. The van der Waals surface area contributed by atoms with Crippen LogP contribution in [0.4, 0.5) is 10.8 Å². The number of hydrogen-bond donors (Lipinski definition) is 3. The van der Waals surface area contributed by atoms with Gasteiger partial charge in [0.25, 0.3) is 0 Å². The van der Waals surface area contributed by atoms with Crippen molar-refractivity contribution in [3.63, 3.8) is 0 Å². The number of aliphatic hydroxyl groups excluding tert-OH is 1. The minimum Gasteiger partial charge on any atom is -0.428 e. The molecule has 0 aliphatic rings. The monoisotopic (exact) mass is 269 g/mol. The first-order valence-electron chi connectivity index (χ1n) is 6.44. The van der Waals surface area contributed by atoms with E-state index in [2.05, 4.69) is 15.6 Å². The van der Waals surface area contributed by atoms with Gasteiger partial charge in [0.1, 0.15) is 5.76 Å². The van der Waals surface area contributed by atoms with Crippen LogP contribution in [-0.4, -0.2) is 29.3 Å². The van der Waals surface area contributed by atoms with Crippen LogP contribution in [0.1, 0.15) is 38.1 Å². The number of carbonyl (C=O) groups excluding carboxylic acids is 1. The number of amides is 2. The molecule has 0 atom stereocenters. The third kappa shape index (κ3) is 5.30. The van der Waals surface area contributed by atoms with Crippen LogP contribution in [0.3, 0.4) is 0 Å². The van der Waals surface area contributed by atoms with Crippen molar-refractivity contribution < 1.29 is 14.3 Å². The molecule has 108 valence electrons. The van der Waals surface area contributed by atoms with Gasteiger partial charge in [-0.05, 0) is 32.1 Å². The van der Waals surface area contributed by atoms with E-state index in [-0.39, 0.29) is 24.1 Å². The highest BCUT2D eigenvalue weighted by molar-refractivity contribution is 5.86. The van der Waals surface area contributed by atoms with Crippen LogP contribution in [0.25, 0.3) is 0 Å². The molecule has 0 aromatic carbocycles. The molecule has 1 aromatic heterocycles. The van der Waals surface area contributed by atoms with E-state index in [0.717, 1.165) is 18.5 Å². The van der Waals surface area contributed by atoms with E-state index >= 15 is 0 Å². The molecule has 0 unspecified atom stereocenters. The predicted octanol–water partition coefficient (Wildman–Crippen LogP) is 2.21. The van der Waals surface area contributed by atoms with Crippen molar-refractivity contribution in [1.82, 2.24) is 10.3 Å². The van der Waals surface area contributed by atoms with Gasteiger partial charge in [0.05, 0.1) is 5.69 Å². The molecular weight excluding hydrogens is 246 g/mol. The van der Waals surface area contributed by atoms with Crippen molar-refractivity contribution in [2.75, 3.05) is 18.5 Å². The summed E-state index contributed by atoms with van der Waals surface area (Å²) in [6.07, 6.45) is 1.66. The van der Waals surface area contributed by atoms with Crippen LogP contribution in [-0.2, 0) is 0 Å². The minimum atomic E-state index is -0.331. The quantitative estimate of drug-likeness (QED) is 0.691. The number of oxazole rings is 1. The van der Waals surface area contributed by atoms with Gasteiger partial charge >= 0.3 is 12.0 Å². The van der Waals surface area contributed by atoms with Crippen LogP contribution >= 0.6 is 0 Å². The van der Waals surface area contributed by atoms with E-state index < -0.39 is 0 Å². The second kappa shape index (κ2) is 6.56. The largest absolute Gasteiger partial charge is 0.428 e. The second-order valence-electron chi connectivity index (χ2n) is 5.47. The smallest absolute Gasteiger partial charge is 0.322 e. The topological polar surface area (TPSA) is 87.4 Å². The van der Waals surface area contributed by atoms with Gasteiger partial charge in [-0.3, -0.25) is 5.32 Å². The van der Waals surface area contributed by atoms with Gasteiger partial charge in [0, 0.05) is 13.2 Å². The van der Waals surface area contributed by atoms with Crippen LogP contribution < -0.4 is 10.6 Å². The van der Waals surface area contributed by atoms with Crippen LogP contribution in [0.2, 0.25) is 0 Å². The van der Waals surface area contributed by atoms with Crippen molar-refractivity contribution in [3.05, 3.63) is 11.5 Å². The third-order valence-corrected chi connectivity index (χ3v) is 2.99. The molecule has 19 heavy (non-hydrogen) atoms. The van der Waals surface area contributed by atoms with Gasteiger partial charge in [-0.25, -0.2) is 4.79 Å². The highest BCUT2D eigenvalue weighted by Crippen LogP contribution is 2.20. The van der Waals surface area contributed by atoms with E-state index in [1.54, 1.807) is 6.92 Å². The molecule has 6 heteroatoms. The lowest BCUT2D eigenvalue weighted by molar-refractivity contribution is 0.148. The van der Waals surface area contributed by atoms with Gasteiger partial charge in [-0.2, -0.15) is 4.98 Å². The van der Waals surface area contributed by atoms with Crippen molar-refractivity contribution in [3.8, 4) is 0 Å². The number of rotatable bonds is 6. The molecule has 3 N–H and O–H groups in total. The Balaban J connectivity index is 2.25. The molecule has 1 heterocycles. The fraction of sp³-hybridized carbons (Fsp3) is 0.692. The molecule has 0 aliphatic carbocycles. The summed E-state index contributed by atoms with van der Waals surface area (Å²) in [6.45, 7) is 8.29. The molecule has 0 saturated heterocycles. The fourth-order valence-electron chi connectivity index (χ4n) is 1.52. The average molecular weight is 269 g/mol. The van der Waals surface area contributed by atoms with Crippen LogP contribution in [0.15, 0.2) is 4.42 Å². The Morgan fingerprint density at radius 1 is 1.42 bits per heavy atom. The Labute approximate surface area is 113 Å². The Kier molecular flexibility index (Phi) is 5.35. The first-order valence-corrected chi connectivity index (χ1v) is 6.44. The Morgan fingerprint density at radius 3 is 2.63 bits per heavy atom. The predicted molar refractivity (Wildman–Crippen MR) is 73.1 cm³/mol. The molecule has 0 aliphatic heterocycles. The first-order chi connectivity index (χ1) is 8.84. The van der Waals surface area contributed by atoms with E-state index in [1.807, 2.05) is 20.8 Å². The lowest BCUT2D eigenvalue weighted by Crippen LogP contribution is -2.30. The highest BCUT2D eigenvalue weighted by atomic mass is 16.4. The molecule has 0 bridgehead atoms. The Hall–Kier alpha value is -1.56. The number of aryl methyl sites for hydroxylation is 2. The summed E-state index contributed by atoms with van der Waals surface area (Å²) < 4.78 is 5.25. The maximum Gasteiger partial charge on any atom is 0.322 e. The molecule has 6 nitrogen and oxygen atoms in total. The maximum atomic E-state index is 11.6. The van der Waals surface area contributed by atoms with E-state index in [9.17, 15) is 4.79 Å². The Bertz CT molecular complexity index is 407. The summed E-state index contributed by atoms with van der Waals surface area (Å²) in [5.74, 6) is 0.694. The molecule has 1 aromatic rings. The van der Waals surface area contributed by atoms with E-state index in [0.29, 0.717) is 12.3 Å². The van der Waals surface area contributed by atoms with Crippen molar-refractivity contribution in [1.29, 1.82) is 0 Å². The number of nitrogens with zero attached hydrogens (tertiary/aromatic N) is 1. The van der Waals surface area contributed by atoms with E-state index in [4.69, 9.17) is 9.52 Å². The lowest BCUT2D eigenvalue weighted by Gasteiger charge is -2.21. The molecule has 0 saturated carbocycles. The van der Waals surface area contributed by atoms with Gasteiger partial charge in [-0.15, -0.1) is 0 Å². The van der Waals surface area contributed by atoms with Gasteiger partial charge in [0.15, 0.2) is 0 Å². The zero-order valence-electron chi connectivity index (χ0n) is 12.0. The second-order valence-corrected chi connectivity index (χ2v) is 5.47. The standard InChI is InChI=1S/C13H23N3O3/c1-9-10(2)19-12(15-9)16-11(18)14-7-5-6-13(3,4)8-17/h17H,5-8H2,1-4H3,(H2,14,15,16,18). The van der Waals surface area contributed by atoms with Crippen LogP contribution in [0.5, 0.6) is 0 Å². The summed E-state index contributed by atoms with van der Waals surface area (Å²) in [5, 5.41) is 14.4. The average Bonchev–Trinajstić information content (AvgIpc) is 2.64. The summed E-state index contributed by atoms with van der Waals surface area (Å²) >= 11 is 0. The SMILES string of the molecule is Cc1nc(NC(=O)NCCCC(C)(C)CO)oc1C. The maximum absolute atomic E-state index is 11.6. The highest BCUT2D eigenvalue weighted by Gasteiger charge is 2.15. The third-order valence-electron chi connectivity index (χ3n) is 2.99. The van der Waals surface area contributed by atoms with Crippen molar-refractivity contribution in [2.45, 2.75) is 40.5 Å². The minimum absolute atomic E-state index is 0.102. The number of carbonyl (C=O) groups is 1. The summed E-state index contributed by atoms with van der Waals surface area (Å²) in [6, 6.07) is -0.119. The number of hydrogen-bond acceptors (Lipinski definition) is 4.